The van der Waals surface area contributed by atoms with Crippen LogP contribution >= 0.6 is 0 Å². The zero-order valence-electron chi connectivity index (χ0n) is 15.2. The van der Waals surface area contributed by atoms with Gasteiger partial charge in [0.2, 0.25) is 0 Å². The molecule has 2 atom stereocenters. The van der Waals surface area contributed by atoms with E-state index in [1.54, 1.807) is 14.2 Å². The fraction of sp³-hybridized carbons (Fsp3) is 0.600. The van der Waals surface area contributed by atoms with Crippen molar-refractivity contribution in [3.8, 4) is 11.5 Å². The van der Waals surface area contributed by atoms with E-state index >= 15 is 0 Å². The fourth-order valence-electron chi connectivity index (χ4n) is 4.12. The Morgan fingerprint density at radius 3 is 2.28 bits per heavy atom. The van der Waals surface area contributed by atoms with Crippen molar-refractivity contribution in [2.24, 2.45) is 17.8 Å². The summed E-state index contributed by atoms with van der Waals surface area (Å²) in [5.41, 5.74) is 1.89. The maximum Gasteiger partial charge on any atom is 0.309 e. The molecule has 5 nitrogen and oxygen atoms in total. The minimum atomic E-state index is -0.182. The normalized spacial score (nSPS) is 25.4. The number of fused-ring (bicyclic) bond motifs is 2. The van der Waals surface area contributed by atoms with E-state index in [1.807, 2.05) is 19.1 Å². The number of benzene rings is 1. The highest BCUT2D eigenvalue weighted by atomic mass is 16.5. The number of hydrogen-bond donors (Lipinski definition) is 0. The number of carbonyl (C=O) groups excluding carboxylic acids is 2. The Morgan fingerprint density at radius 1 is 1.08 bits per heavy atom. The Morgan fingerprint density at radius 2 is 1.68 bits per heavy atom. The van der Waals surface area contributed by atoms with Crippen LogP contribution in [0.3, 0.4) is 0 Å². The van der Waals surface area contributed by atoms with E-state index in [0.29, 0.717) is 30.1 Å². The fourth-order valence-corrected chi connectivity index (χ4v) is 4.12. The molecule has 0 saturated heterocycles. The first kappa shape index (κ1) is 17.8. The number of ether oxygens (including phenoxy) is 3. The van der Waals surface area contributed by atoms with Gasteiger partial charge in [-0.2, -0.15) is 0 Å². The smallest absolute Gasteiger partial charge is 0.309 e. The van der Waals surface area contributed by atoms with Crippen molar-refractivity contribution in [1.82, 2.24) is 0 Å². The van der Waals surface area contributed by atoms with Gasteiger partial charge in [0.15, 0.2) is 11.5 Å². The van der Waals surface area contributed by atoms with Crippen LogP contribution in [0.25, 0.3) is 0 Å². The molecule has 0 aromatic heterocycles. The molecule has 1 aromatic carbocycles. The van der Waals surface area contributed by atoms with Gasteiger partial charge in [-0.05, 0) is 55.9 Å². The lowest BCUT2D eigenvalue weighted by Crippen LogP contribution is -2.39. The Hall–Kier alpha value is -2.04. The molecule has 0 aliphatic heterocycles. The van der Waals surface area contributed by atoms with Crippen molar-refractivity contribution in [2.45, 2.75) is 45.6 Å². The summed E-state index contributed by atoms with van der Waals surface area (Å²) in [6, 6.07) is 3.73. The van der Waals surface area contributed by atoms with Crippen LogP contribution in [0, 0.1) is 24.7 Å². The Kier molecular flexibility index (Phi) is 5.30. The summed E-state index contributed by atoms with van der Waals surface area (Å²) in [6.45, 7) is 2.17. The lowest BCUT2D eigenvalue weighted by molar-refractivity contribution is -0.154. The summed E-state index contributed by atoms with van der Waals surface area (Å²) in [6.07, 6.45) is 4.26. The van der Waals surface area contributed by atoms with Crippen molar-refractivity contribution in [3.63, 3.8) is 0 Å². The molecule has 3 rings (SSSR count). The number of esters is 1. The average Bonchev–Trinajstić information content (AvgIpc) is 2.59. The van der Waals surface area contributed by atoms with Crippen molar-refractivity contribution in [1.29, 1.82) is 0 Å². The molecule has 2 fully saturated rings. The van der Waals surface area contributed by atoms with Crippen molar-refractivity contribution < 1.29 is 23.8 Å². The molecular formula is C20H26O5. The maximum absolute atomic E-state index is 12.5. The van der Waals surface area contributed by atoms with E-state index < -0.39 is 0 Å². The Labute approximate surface area is 148 Å². The number of methoxy groups -OCH3 is 2. The van der Waals surface area contributed by atoms with E-state index in [-0.39, 0.29) is 30.3 Å². The van der Waals surface area contributed by atoms with Crippen LogP contribution in [0.5, 0.6) is 11.5 Å². The van der Waals surface area contributed by atoms with Crippen LogP contribution in [-0.2, 0) is 20.9 Å². The number of aryl methyl sites for hydroxylation is 1. The predicted molar refractivity (Wildman–Crippen MR) is 92.6 cm³/mol. The van der Waals surface area contributed by atoms with Crippen LogP contribution < -0.4 is 9.47 Å². The molecule has 1 aromatic rings. The monoisotopic (exact) mass is 346 g/mol. The second-order valence-corrected chi connectivity index (χ2v) is 7.14. The van der Waals surface area contributed by atoms with E-state index in [0.717, 1.165) is 30.4 Å². The van der Waals surface area contributed by atoms with Crippen LogP contribution in [0.1, 0.15) is 43.2 Å². The molecule has 0 N–H and O–H groups in total. The molecular weight excluding hydrogens is 320 g/mol. The molecule has 2 saturated carbocycles. The number of ketones is 1. The van der Waals surface area contributed by atoms with E-state index in [2.05, 4.69) is 0 Å². The van der Waals surface area contributed by atoms with Gasteiger partial charge in [-0.1, -0.05) is 6.42 Å². The molecule has 5 heteroatoms. The summed E-state index contributed by atoms with van der Waals surface area (Å²) >= 11 is 0. The van der Waals surface area contributed by atoms with Crippen LogP contribution in [-0.4, -0.2) is 26.0 Å². The lowest BCUT2D eigenvalue weighted by atomic mass is 9.67. The average molecular weight is 346 g/mol. The molecule has 2 aliphatic carbocycles. The van der Waals surface area contributed by atoms with Gasteiger partial charge in [-0.3, -0.25) is 9.59 Å². The first-order valence-corrected chi connectivity index (χ1v) is 8.95. The summed E-state index contributed by atoms with van der Waals surface area (Å²) in [5.74, 6) is 1.45. The van der Waals surface area contributed by atoms with Gasteiger partial charge in [0.25, 0.3) is 0 Å². The highest BCUT2D eigenvalue weighted by molar-refractivity contribution is 5.87. The number of carbonyl (C=O) groups is 2. The summed E-state index contributed by atoms with van der Waals surface area (Å²) < 4.78 is 16.2. The maximum atomic E-state index is 12.5. The SMILES string of the molecule is COc1cc(C)c(COC(=O)C2C[C@@H]3CCC[C@@H](C2)C3=O)cc1OC. The lowest BCUT2D eigenvalue weighted by Gasteiger charge is -2.36. The minimum absolute atomic E-state index is 0.0628. The Balaban J connectivity index is 1.64. The highest BCUT2D eigenvalue weighted by Gasteiger charge is 2.41. The van der Waals surface area contributed by atoms with Gasteiger partial charge in [0.05, 0.1) is 20.1 Å². The van der Waals surface area contributed by atoms with Gasteiger partial charge < -0.3 is 14.2 Å². The van der Waals surface area contributed by atoms with Gasteiger partial charge in [0.1, 0.15) is 12.4 Å². The molecule has 0 heterocycles. The third-order valence-electron chi connectivity index (χ3n) is 5.59. The molecule has 0 radical (unpaired) electrons. The topological polar surface area (TPSA) is 61.8 Å². The quantitative estimate of drug-likeness (QED) is 0.764. The highest BCUT2D eigenvalue weighted by Crippen LogP contribution is 2.40. The van der Waals surface area contributed by atoms with Gasteiger partial charge in [0, 0.05) is 11.8 Å². The number of hydrogen-bond acceptors (Lipinski definition) is 5. The number of rotatable bonds is 5. The summed E-state index contributed by atoms with van der Waals surface area (Å²) in [4.78, 5) is 24.7. The largest absolute Gasteiger partial charge is 0.493 e. The third-order valence-corrected chi connectivity index (χ3v) is 5.59. The zero-order valence-corrected chi connectivity index (χ0v) is 15.2. The summed E-state index contributed by atoms with van der Waals surface area (Å²) in [7, 11) is 3.18. The van der Waals surface area contributed by atoms with Crippen LogP contribution in [0.15, 0.2) is 12.1 Å². The van der Waals surface area contributed by atoms with Gasteiger partial charge >= 0.3 is 5.97 Å². The molecule has 0 unspecified atom stereocenters. The molecule has 25 heavy (non-hydrogen) atoms. The van der Waals surface area contributed by atoms with E-state index in [9.17, 15) is 9.59 Å². The summed E-state index contributed by atoms with van der Waals surface area (Å²) in [5, 5.41) is 0. The predicted octanol–water partition coefficient (Wildman–Crippen LogP) is 3.45. The molecule has 0 amide bonds. The van der Waals surface area contributed by atoms with Crippen LogP contribution in [0.2, 0.25) is 0 Å². The minimum Gasteiger partial charge on any atom is -0.493 e. The number of Topliss-reactive ketones (excluding diaryl/α,β-unsaturated/α-hetero) is 1. The van der Waals surface area contributed by atoms with Crippen LogP contribution in [0.4, 0.5) is 0 Å². The molecule has 0 spiro atoms. The van der Waals surface area contributed by atoms with Crippen molar-refractivity contribution in [2.75, 3.05) is 14.2 Å². The van der Waals surface area contributed by atoms with Crippen molar-refractivity contribution >= 4 is 11.8 Å². The Bertz CT molecular complexity index is 650. The zero-order chi connectivity index (χ0) is 18.0. The van der Waals surface area contributed by atoms with Gasteiger partial charge in [-0.25, -0.2) is 0 Å². The van der Waals surface area contributed by atoms with E-state index in [4.69, 9.17) is 14.2 Å². The first-order valence-electron chi connectivity index (χ1n) is 8.95. The molecule has 2 aliphatic rings. The van der Waals surface area contributed by atoms with E-state index in [1.165, 1.54) is 0 Å². The molecule has 136 valence electrons. The molecule has 2 bridgehead atoms. The first-order chi connectivity index (χ1) is 12.0. The standard InChI is InChI=1S/C20H26O5/c1-12-7-17(23-2)18(24-3)10-16(12)11-25-20(22)15-8-13-5-4-6-14(9-15)19(13)21/h7,10,13-15H,4-6,8-9,11H2,1-3H3/t13-,14-/m0/s1. The third kappa shape index (κ3) is 3.65. The second-order valence-electron chi connectivity index (χ2n) is 7.14. The van der Waals surface area contributed by atoms with Crippen molar-refractivity contribution in [3.05, 3.63) is 23.3 Å². The second kappa shape index (κ2) is 7.46. The van der Waals surface area contributed by atoms with Gasteiger partial charge in [-0.15, -0.1) is 0 Å².